The zero-order valence-corrected chi connectivity index (χ0v) is 24.0. The molecule has 3 aromatic carbocycles. The van der Waals surface area contributed by atoms with Crippen LogP contribution in [-0.2, 0) is 14.5 Å². The Labute approximate surface area is 222 Å². The standard InChI is InChI=1S/C32H41O4P/c1-8-9-10-14-19-32(5,6)25-21-29(33)31(28-20-24(4)17-18-27(28)23(2)3)30(22-25)36-37(34,35-7)26-15-12-11-13-16-26/h11-13,15-18,20-22,33H,2,8-10,14,19H2,1,3-7H3. The molecule has 198 valence electrons. The zero-order valence-electron chi connectivity index (χ0n) is 23.1. The Balaban J connectivity index is 2.22. The number of allylic oxidation sites excluding steroid dienone is 1. The molecular formula is C32H41O4P. The highest BCUT2D eigenvalue weighted by Crippen LogP contribution is 2.53. The second kappa shape index (κ2) is 12.2. The molecular weight excluding hydrogens is 479 g/mol. The van der Waals surface area contributed by atoms with Crippen molar-refractivity contribution in [3.63, 3.8) is 0 Å². The third-order valence-electron chi connectivity index (χ3n) is 6.95. The molecule has 0 radical (unpaired) electrons. The fourth-order valence-electron chi connectivity index (χ4n) is 4.64. The smallest absolute Gasteiger partial charge is 0.410 e. The van der Waals surface area contributed by atoms with Crippen LogP contribution in [0.5, 0.6) is 11.5 Å². The van der Waals surface area contributed by atoms with Gasteiger partial charge >= 0.3 is 7.60 Å². The normalized spacial score (nSPS) is 13.2. The molecule has 3 aromatic rings. The molecule has 1 atom stereocenters. The number of rotatable bonds is 12. The Morgan fingerprint density at radius 1 is 1.03 bits per heavy atom. The van der Waals surface area contributed by atoms with Gasteiger partial charge in [0.05, 0.1) is 10.9 Å². The van der Waals surface area contributed by atoms with Crippen LogP contribution in [0.15, 0.2) is 67.2 Å². The first-order chi connectivity index (χ1) is 17.5. The maximum Gasteiger partial charge on any atom is 0.410 e. The topological polar surface area (TPSA) is 55.8 Å². The molecule has 0 heterocycles. The van der Waals surface area contributed by atoms with Gasteiger partial charge < -0.3 is 9.63 Å². The molecule has 0 saturated carbocycles. The van der Waals surface area contributed by atoms with E-state index in [9.17, 15) is 9.67 Å². The number of hydrogen-bond acceptors (Lipinski definition) is 4. The van der Waals surface area contributed by atoms with Crippen LogP contribution in [0.3, 0.4) is 0 Å². The summed E-state index contributed by atoms with van der Waals surface area (Å²) in [5, 5.41) is 12.0. The van der Waals surface area contributed by atoms with Crippen LogP contribution >= 0.6 is 7.60 Å². The SMILES string of the molecule is C=C(C)c1ccc(C)cc1-c1c(O)cc(C(C)(C)CCCCCC)cc1OP(=O)(OC)c1ccccc1. The minimum atomic E-state index is -3.73. The van der Waals surface area contributed by atoms with Gasteiger partial charge in [-0.05, 0) is 66.6 Å². The molecule has 0 bridgehead atoms. The van der Waals surface area contributed by atoms with Crippen molar-refractivity contribution in [3.8, 4) is 22.6 Å². The van der Waals surface area contributed by atoms with E-state index in [4.69, 9.17) is 9.05 Å². The molecule has 37 heavy (non-hydrogen) atoms. The molecule has 0 aliphatic rings. The first-order valence-electron chi connectivity index (χ1n) is 13.1. The Bertz CT molecular complexity index is 1280. The van der Waals surface area contributed by atoms with Gasteiger partial charge in [0.1, 0.15) is 11.5 Å². The van der Waals surface area contributed by atoms with Gasteiger partial charge in [-0.2, -0.15) is 0 Å². The second-order valence-corrected chi connectivity index (χ2v) is 12.6. The predicted octanol–water partition coefficient (Wildman–Crippen LogP) is 9.19. The Kier molecular flexibility index (Phi) is 9.45. The molecule has 4 nitrogen and oxygen atoms in total. The Morgan fingerprint density at radius 3 is 2.35 bits per heavy atom. The van der Waals surface area contributed by atoms with Crippen LogP contribution in [0.4, 0.5) is 0 Å². The van der Waals surface area contributed by atoms with Gasteiger partial charge in [-0.15, -0.1) is 0 Å². The third kappa shape index (κ3) is 6.74. The fraction of sp³-hybridized carbons (Fsp3) is 0.375. The van der Waals surface area contributed by atoms with Crippen molar-refractivity contribution >= 4 is 18.5 Å². The van der Waals surface area contributed by atoms with Gasteiger partial charge in [0.2, 0.25) is 0 Å². The fourth-order valence-corrected chi connectivity index (χ4v) is 5.98. The molecule has 5 heteroatoms. The third-order valence-corrected chi connectivity index (χ3v) is 8.80. The summed E-state index contributed by atoms with van der Waals surface area (Å²) in [6, 6.07) is 18.7. The molecule has 0 fully saturated rings. The number of unbranched alkanes of at least 4 members (excludes halogenated alkanes) is 3. The number of phenolic OH excluding ortho intramolecular Hbond substituents is 1. The lowest BCUT2D eigenvalue weighted by Gasteiger charge is -2.28. The number of phenols is 1. The number of aromatic hydroxyl groups is 1. The summed E-state index contributed by atoms with van der Waals surface area (Å²) in [5.41, 5.74) is 4.77. The first-order valence-corrected chi connectivity index (χ1v) is 14.6. The molecule has 3 rings (SSSR count). The maximum atomic E-state index is 14.0. The number of hydrogen-bond donors (Lipinski definition) is 1. The highest BCUT2D eigenvalue weighted by molar-refractivity contribution is 7.62. The van der Waals surface area contributed by atoms with Gasteiger partial charge in [0, 0.05) is 7.11 Å². The lowest BCUT2D eigenvalue weighted by Crippen LogP contribution is -2.18. The van der Waals surface area contributed by atoms with E-state index in [1.165, 1.54) is 26.4 Å². The van der Waals surface area contributed by atoms with Crippen molar-refractivity contribution in [1.82, 2.24) is 0 Å². The summed E-state index contributed by atoms with van der Waals surface area (Å²) in [7, 11) is -2.34. The molecule has 1 N–H and O–H groups in total. The van der Waals surface area contributed by atoms with Gasteiger partial charge in [-0.3, -0.25) is 4.52 Å². The zero-order chi connectivity index (χ0) is 27.2. The molecule has 0 saturated heterocycles. The van der Waals surface area contributed by atoms with Crippen LogP contribution < -0.4 is 9.83 Å². The van der Waals surface area contributed by atoms with Crippen molar-refractivity contribution < 1.29 is 18.7 Å². The van der Waals surface area contributed by atoms with Crippen LogP contribution in [0.1, 0.15) is 76.5 Å². The summed E-state index contributed by atoms with van der Waals surface area (Å²) in [5.74, 6) is 0.414. The van der Waals surface area contributed by atoms with Crippen LogP contribution in [0, 0.1) is 6.92 Å². The average Bonchev–Trinajstić information content (AvgIpc) is 2.86. The molecule has 0 amide bonds. The molecule has 0 aliphatic carbocycles. The van der Waals surface area contributed by atoms with Gasteiger partial charge in [0.25, 0.3) is 0 Å². The summed E-state index contributed by atoms with van der Waals surface area (Å²) in [6.45, 7) is 14.6. The largest absolute Gasteiger partial charge is 0.507 e. The molecule has 1 unspecified atom stereocenters. The van der Waals surface area contributed by atoms with E-state index in [0.29, 0.717) is 16.6 Å². The highest BCUT2D eigenvalue weighted by Gasteiger charge is 2.32. The second-order valence-electron chi connectivity index (χ2n) is 10.5. The van der Waals surface area contributed by atoms with E-state index in [-0.39, 0.29) is 11.2 Å². The first kappa shape index (κ1) is 28.8. The van der Waals surface area contributed by atoms with E-state index in [0.717, 1.165) is 40.7 Å². The summed E-state index contributed by atoms with van der Waals surface area (Å²) >= 11 is 0. The monoisotopic (exact) mass is 520 g/mol. The summed E-state index contributed by atoms with van der Waals surface area (Å²) in [6.07, 6.45) is 5.62. The lowest BCUT2D eigenvalue weighted by atomic mass is 9.79. The molecule has 0 spiro atoms. The van der Waals surface area contributed by atoms with E-state index in [2.05, 4.69) is 27.4 Å². The van der Waals surface area contributed by atoms with Crippen LogP contribution in [0.2, 0.25) is 0 Å². The van der Waals surface area contributed by atoms with E-state index in [1.54, 1.807) is 24.3 Å². The summed E-state index contributed by atoms with van der Waals surface area (Å²) in [4.78, 5) is 0. The Hall–Kier alpha value is -2.81. The lowest BCUT2D eigenvalue weighted by molar-refractivity contribution is 0.333. The number of benzene rings is 3. The van der Waals surface area contributed by atoms with E-state index >= 15 is 0 Å². The minimum absolute atomic E-state index is 0.0814. The van der Waals surface area contributed by atoms with E-state index in [1.807, 2.05) is 50.2 Å². The van der Waals surface area contributed by atoms with Crippen molar-refractivity contribution in [2.24, 2.45) is 0 Å². The van der Waals surface area contributed by atoms with Crippen LogP contribution in [0.25, 0.3) is 16.7 Å². The predicted molar refractivity (Wildman–Crippen MR) is 156 cm³/mol. The Morgan fingerprint density at radius 2 is 1.73 bits per heavy atom. The minimum Gasteiger partial charge on any atom is -0.507 e. The van der Waals surface area contributed by atoms with Crippen LogP contribution in [-0.4, -0.2) is 12.2 Å². The van der Waals surface area contributed by atoms with Gasteiger partial charge in [-0.1, -0.05) is 101 Å². The van der Waals surface area contributed by atoms with Crippen molar-refractivity contribution in [1.29, 1.82) is 0 Å². The number of aryl methyl sites for hydroxylation is 1. The van der Waals surface area contributed by atoms with Gasteiger partial charge in [-0.25, -0.2) is 4.57 Å². The van der Waals surface area contributed by atoms with Crippen molar-refractivity contribution in [2.45, 2.75) is 72.1 Å². The molecule has 0 aliphatic heterocycles. The van der Waals surface area contributed by atoms with Gasteiger partial charge in [0.15, 0.2) is 0 Å². The van der Waals surface area contributed by atoms with E-state index < -0.39 is 7.60 Å². The quantitative estimate of drug-likeness (QED) is 0.191. The highest BCUT2D eigenvalue weighted by atomic mass is 31.2. The molecule has 0 aromatic heterocycles. The summed E-state index contributed by atoms with van der Waals surface area (Å²) < 4.78 is 25.8. The van der Waals surface area contributed by atoms with Crippen molar-refractivity contribution in [3.05, 3.63) is 83.9 Å². The maximum absolute atomic E-state index is 14.0. The van der Waals surface area contributed by atoms with Crippen molar-refractivity contribution in [2.75, 3.05) is 7.11 Å². The average molecular weight is 521 g/mol.